The first-order chi connectivity index (χ1) is 15.8. The molecule has 0 unspecified atom stereocenters. The van der Waals surface area contributed by atoms with Gasteiger partial charge in [-0.1, -0.05) is 11.6 Å². The molecule has 2 aromatic carbocycles. The number of rotatable bonds is 7. The van der Waals surface area contributed by atoms with Crippen molar-refractivity contribution in [1.29, 1.82) is 0 Å². The summed E-state index contributed by atoms with van der Waals surface area (Å²) >= 11 is 13.0. The number of nitrogens with zero attached hydrogens (tertiary/aromatic N) is 2. The number of halogens is 3. The molecule has 1 aliphatic heterocycles. The maximum Gasteiger partial charge on any atom is 0.266 e. The highest BCUT2D eigenvalue weighted by molar-refractivity contribution is 7.92. The molecule has 4 rings (SSSR count). The van der Waals surface area contributed by atoms with Crippen molar-refractivity contribution in [2.24, 2.45) is 0 Å². The van der Waals surface area contributed by atoms with Gasteiger partial charge in [-0.2, -0.15) is 0 Å². The summed E-state index contributed by atoms with van der Waals surface area (Å²) < 4.78 is 42.4. The van der Waals surface area contributed by atoms with Crippen LogP contribution in [-0.2, 0) is 10.0 Å². The Labute approximate surface area is 206 Å². The molecule has 3 N–H and O–H groups in total. The van der Waals surface area contributed by atoms with Gasteiger partial charge in [-0.25, -0.2) is 17.8 Å². The lowest BCUT2D eigenvalue weighted by molar-refractivity contribution is -0.288. The van der Waals surface area contributed by atoms with Crippen LogP contribution in [0, 0.1) is 17.4 Å². The van der Waals surface area contributed by atoms with Crippen LogP contribution in [0.5, 0.6) is 0 Å². The molecule has 1 aromatic heterocycles. The molecule has 1 saturated heterocycles. The highest BCUT2D eigenvalue weighted by atomic mass is 35.5. The van der Waals surface area contributed by atoms with Crippen LogP contribution in [-0.4, -0.2) is 39.6 Å². The third-order valence-corrected chi connectivity index (χ3v) is 7.91. The van der Waals surface area contributed by atoms with Crippen LogP contribution in [0.15, 0.2) is 46.1 Å². The number of hydrogen-bond donors (Lipinski definition) is 3. The Balaban J connectivity index is 1.63. The second kappa shape index (κ2) is 10.0. The van der Waals surface area contributed by atoms with Gasteiger partial charge in [0.25, 0.3) is 10.0 Å². The Hall–Kier alpha value is -2.11. The number of nitrogens with one attached hydrogen (secondary N) is 3. The predicted molar refractivity (Wildman–Crippen MR) is 129 cm³/mol. The molecule has 1 aliphatic rings. The van der Waals surface area contributed by atoms with Crippen molar-refractivity contribution in [2.45, 2.75) is 23.8 Å². The van der Waals surface area contributed by atoms with E-state index in [0.29, 0.717) is 16.8 Å². The fraction of sp³-hybridized carbons (Fsp3) is 0.286. The van der Waals surface area contributed by atoms with Crippen LogP contribution in [0.3, 0.4) is 0 Å². The fourth-order valence-electron chi connectivity index (χ4n) is 3.74. The maximum atomic E-state index is 14.9. The van der Waals surface area contributed by atoms with E-state index in [-0.39, 0.29) is 16.5 Å². The lowest BCUT2D eigenvalue weighted by Gasteiger charge is -2.35. The molecule has 0 radical (unpaired) electrons. The molecular formula is C21H23Cl2FN5O2S2+. The Morgan fingerprint density at radius 3 is 2.82 bits per heavy atom. The van der Waals surface area contributed by atoms with E-state index >= 15 is 0 Å². The normalized spacial score (nSPS) is 16.6. The van der Waals surface area contributed by atoms with E-state index in [1.807, 2.05) is 19.2 Å². The van der Waals surface area contributed by atoms with Crippen molar-refractivity contribution >= 4 is 55.8 Å². The van der Waals surface area contributed by atoms with Crippen LogP contribution < -0.4 is 20.3 Å². The molecule has 12 heteroatoms. The van der Waals surface area contributed by atoms with Crippen LogP contribution in [0.1, 0.15) is 12.8 Å². The number of anilines is 4. The van der Waals surface area contributed by atoms with Crippen LogP contribution in [0.2, 0.25) is 10.0 Å². The molecule has 176 valence electrons. The molecule has 33 heavy (non-hydrogen) atoms. The van der Waals surface area contributed by atoms with Crippen molar-refractivity contribution in [3.8, 4) is 0 Å². The first-order valence-electron chi connectivity index (χ1n) is 10.2. The first-order valence-corrected chi connectivity index (χ1v) is 13.4. The van der Waals surface area contributed by atoms with E-state index < -0.39 is 20.7 Å². The van der Waals surface area contributed by atoms with E-state index in [1.165, 1.54) is 22.2 Å². The summed E-state index contributed by atoms with van der Waals surface area (Å²) in [6.45, 7) is 1.68. The lowest BCUT2D eigenvalue weighted by Crippen LogP contribution is -2.44. The van der Waals surface area contributed by atoms with Gasteiger partial charge in [-0.15, -0.1) is 11.3 Å². The maximum absolute atomic E-state index is 14.9. The third kappa shape index (κ3) is 5.52. The number of hydrogen-bond acceptors (Lipinski definition) is 7. The average Bonchev–Trinajstić information content (AvgIpc) is 3.29. The standard InChI is InChI=1S/C21H23Cl2FN5O2S2/c1-25-14-3-2-6-29(10-14)19-7-13(22)4-5-17(19)27-18-9-16(24)20(8-15(18)23)33(30,31)28-21-11-32-12-26-21/h4-5,7-9,11-12,14,22,25,27-28H,2-3,6,10H2,1H3/q+1/t14-/m1/s1. The summed E-state index contributed by atoms with van der Waals surface area (Å²) in [5.41, 5.74) is 3.32. The largest absolute Gasteiger partial charge is 0.368 e. The predicted octanol–water partition coefficient (Wildman–Crippen LogP) is 4.36. The van der Waals surface area contributed by atoms with Gasteiger partial charge < -0.3 is 15.5 Å². The number of likely N-dealkylation sites (N-methyl/N-ethyl adjacent to an activating group) is 1. The highest BCUT2D eigenvalue weighted by Crippen LogP contribution is 2.36. The van der Waals surface area contributed by atoms with E-state index in [0.717, 1.165) is 43.8 Å². The van der Waals surface area contributed by atoms with Gasteiger partial charge in [-0.05, 0) is 32.0 Å². The highest BCUT2D eigenvalue weighted by Gasteiger charge is 2.25. The first kappa shape index (κ1) is 24.0. The van der Waals surface area contributed by atoms with Crippen molar-refractivity contribution < 1.29 is 24.4 Å². The second-order valence-electron chi connectivity index (χ2n) is 7.62. The number of sulfonamides is 1. The molecular weight excluding hydrogens is 508 g/mol. The minimum absolute atomic E-state index is 0.0650. The zero-order valence-electron chi connectivity index (χ0n) is 17.6. The monoisotopic (exact) mass is 530 g/mol. The Morgan fingerprint density at radius 1 is 1.27 bits per heavy atom. The van der Waals surface area contributed by atoms with Gasteiger partial charge in [0.2, 0.25) is 5.02 Å². The molecule has 7 nitrogen and oxygen atoms in total. The summed E-state index contributed by atoms with van der Waals surface area (Å²) in [6.07, 6.45) is 2.12. The zero-order valence-corrected chi connectivity index (χ0v) is 20.8. The molecule has 0 spiro atoms. The summed E-state index contributed by atoms with van der Waals surface area (Å²) in [4.78, 5) is 5.54. The van der Waals surface area contributed by atoms with Gasteiger partial charge in [-0.3, -0.25) is 4.72 Å². The summed E-state index contributed by atoms with van der Waals surface area (Å²) in [5, 5.41) is 8.74. The number of piperidine rings is 1. The Bertz CT molecular complexity index is 1240. The van der Waals surface area contributed by atoms with Crippen LogP contribution in [0.4, 0.5) is 27.3 Å². The second-order valence-corrected chi connectivity index (χ2v) is 10.9. The SMILES string of the molecule is CN[C@@H]1CCCN(c2cc([ClH+])ccc2Nc2cc(F)c(S(=O)(=O)Nc3cscn3)cc2Cl)C1. The topological polar surface area (TPSA) is 86.4 Å². The molecule has 0 aliphatic carbocycles. The van der Waals surface area contributed by atoms with Crippen molar-refractivity contribution in [2.75, 3.05) is 35.1 Å². The zero-order chi connectivity index (χ0) is 23.6. The summed E-state index contributed by atoms with van der Waals surface area (Å²) in [5.74, 6) is -0.813. The van der Waals surface area contributed by atoms with Gasteiger partial charge in [0, 0.05) is 42.7 Å². The van der Waals surface area contributed by atoms with Crippen LogP contribution >= 0.6 is 22.9 Å². The summed E-state index contributed by atoms with van der Waals surface area (Å²) in [7, 11) is -2.25. The fourth-order valence-corrected chi connectivity index (χ4v) is 5.84. The smallest absolute Gasteiger partial charge is 0.266 e. The minimum Gasteiger partial charge on any atom is -0.368 e. The van der Waals surface area contributed by atoms with Gasteiger partial charge in [0.15, 0.2) is 17.4 Å². The quantitative estimate of drug-likeness (QED) is 0.420. The van der Waals surface area contributed by atoms with E-state index in [1.54, 1.807) is 6.07 Å². The molecule has 2 heterocycles. The van der Waals surface area contributed by atoms with Crippen molar-refractivity contribution in [1.82, 2.24) is 10.3 Å². The Morgan fingerprint density at radius 2 is 2.09 bits per heavy atom. The third-order valence-electron chi connectivity index (χ3n) is 5.39. The number of aromatic nitrogens is 1. The van der Waals surface area contributed by atoms with E-state index in [9.17, 15) is 12.8 Å². The van der Waals surface area contributed by atoms with Gasteiger partial charge in [0.1, 0.15) is 10.7 Å². The molecule has 1 atom stereocenters. The average molecular weight is 531 g/mol. The summed E-state index contributed by atoms with van der Waals surface area (Å²) in [6, 6.07) is 8.03. The van der Waals surface area contributed by atoms with Gasteiger partial charge >= 0.3 is 0 Å². The van der Waals surface area contributed by atoms with Crippen molar-refractivity contribution in [3.05, 3.63) is 57.1 Å². The molecule has 0 bridgehead atoms. The minimum atomic E-state index is -4.19. The molecule has 0 amide bonds. The molecule has 0 saturated carbocycles. The molecule has 1 fully saturated rings. The Kier molecular flexibility index (Phi) is 7.30. The van der Waals surface area contributed by atoms with E-state index in [2.05, 4.69) is 25.2 Å². The number of benzene rings is 2. The van der Waals surface area contributed by atoms with Crippen LogP contribution in [0.25, 0.3) is 0 Å². The van der Waals surface area contributed by atoms with Gasteiger partial charge in [0.05, 0.1) is 27.6 Å². The molecule has 3 aromatic rings. The van der Waals surface area contributed by atoms with E-state index in [4.69, 9.17) is 23.2 Å². The number of thiazole rings is 1. The van der Waals surface area contributed by atoms with Crippen molar-refractivity contribution in [3.63, 3.8) is 0 Å². The lowest BCUT2D eigenvalue weighted by atomic mass is 10.0.